The molecule has 252 valence electrons. The Labute approximate surface area is 270 Å². The van der Waals surface area contributed by atoms with Crippen LogP contribution in [0.5, 0.6) is 0 Å². The van der Waals surface area contributed by atoms with Gasteiger partial charge in [0.2, 0.25) is 11.8 Å². The van der Waals surface area contributed by atoms with E-state index in [1.165, 1.54) is 12.8 Å². The minimum atomic E-state index is -0.752. The van der Waals surface area contributed by atoms with Crippen molar-refractivity contribution in [2.75, 3.05) is 41.8 Å². The monoisotopic (exact) mass is 627 g/mol. The molecule has 1 heterocycles. The van der Waals surface area contributed by atoms with Gasteiger partial charge in [0.05, 0.1) is 29.5 Å². The van der Waals surface area contributed by atoms with Crippen LogP contribution < -0.4 is 15.5 Å². The highest BCUT2D eigenvalue weighted by Gasteiger charge is 2.33. The lowest BCUT2D eigenvalue weighted by molar-refractivity contribution is -0.142. The number of hydrogen-bond acceptors (Lipinski definition) is 6. The van der Waals surface area contributed by atoms with Crippen LogP contribution in [0.1, 0.15) is 92.9 Å². The van der Waals surface area contributed by atoms with Gasteiger partial charge in [-0.15, -0.1) is 0 Å². The van der Waals surface area contributed by atoms with Crippen LogP contribution in [0.4, 0.5) is 17.1 Å². The van der Waals surface area contributed by atoms with Gasteiger partial charge < -0.3 is 30.1 Å². The van der Waals surface area contributed by atoms with Crippen LogP contribution in [0.2, 0.25) is 0 Å². The summed E-state index contributed by atoms with van der Waals surface area (Å²) >= 11 is 0. The number of benzene rings is 1. The summed E-state index contributed by atoms with van der Waals surface area (Å²) in [6.07, 6.45) is 7.77. The van der Waals surface area contributed by atoms with E-state index in [0.29, 0.717) is 72.8 Å². The molecule has 2 aliphatic carbocycles. The normalized spacial score (nSPS) is 27.9. The zero-order valence-corrected chi connectivity index (χ0v) is 28.3. The van der Waals surface area contributed by atoms with Crippen LogP contribution in [0.25, 0.3) is 0 Å². The SMILES string of the molecule is CC1CCC(C(C)C)C(OCC(=O)Nc2ccc(N3CCC(C(=O)O)CC3)cc2NC(=O)COC2CC(C)CCC2C(C)C)C1. The van der Waals surface area contributed by atoms with Gasteiger partial charge in [0.25, 0.3) is 0 Å². The van der Waals surface area contributed by atoms with Gasteiger partial charge in [0.1, 0.15) is 13.2 Å². The summed E-state index contributed by atoms with van der Waals surface area (Å²) < 4.78 is 12.4. The molecule has 6 atom stereocenters. The van der Waals surface area contributed by atoms with Crippen LogP contribution in [-0.4, -0.2) is 61.4 Å². The maximum absolute atomic E-state index is 13.3. The Morgan fingerprint density at radius 2 is 1.27 bits per heavy atom. The number of ether oxygens (including phenoxy) is 2. The van der Waals surface area contributed by atoms with Crippen molar-refractivity contribution in [1.82, 2.24) is 0 Å². The van der Waals surface area contributed by atoms with Gasteiger partial charge in [-0.1, -0.05) is 54.4 Å². The number of carbonyl (C=O) groups is 3. The van der Waals surface area contributed by atoms with E-state index in [0.717, 1.165) is 31.4 Å². The van der Waals surface area contributed by atoms with E-state index >= 15 is 0 Å². The molecule has 0 aromatic heterocycles. The van der Waals surface area contributed by atoms with Gasteiger partial charge in [-0.05, 0) is 92.2 Å². The highest BCUT2D eigenvalue weighted by atomic mass is 16.5. The average Bonchev–Trinajstić information content (AvgIpc) is 2.99. The highest BCUT2D eigenvalue weighted by Crippen LogP contribution is 2.37. The van der Waals surface area contributed by atoms with E-state index < -0.39 is 5.97 Å². The average molecular weight is 628 g/mol. The molecule has 4 rings (SSSR count). The maximum Gasteiger partial charge on any atom is 0.306 e. The molecule has 3 fully saturated rings. The summed E-state index contributed by atoms with van der Waals surface area (Å²) in [6, 6.07) is 5.59. The number of hydrogen-bond donors (Lipinski definition) is 3. The molecule has 9 heteroatoms. The first-order valence-corrected chi connectivity index (χ1v) is 17.4. The largest absolute Gasteiger partial charge is 0.481 e. The molecule has 1 aromatic carbocycles. The number of amides is 2. The summed E-state index contributed by atoms with van der Waals surface area (Å²) in [7, 11) is 0. The Hall–Kier alpha value is -2.65. The number of carboxylic acid groups (broad SMARTS) is 1. The van der Waals surface area contributed by atoms with Crippen LogP contribution >= 0.6 is 0 Å². The summed E-state index contributed by atoms with van der Waals surface area (Å²) in [4.78, 5) is 40.0. The Kier molecular flexibility index (Phi) is 12.7. The fourth-order valence-corrected chi connectivity index (χ4v) is 7.68. The van der Waals surface area contributed by atoms with Gasteiger partial charge in [0.15, 0.2) is 0 Å². The lowest BCUT2D eigenvalue weighted by Gasteiger charge is -2.37. The van der Waals surface area contributed by atoms with Crippen molar-refractivity contribution in [3.8, 4) is 0 Å². The van der Waals surface area contributed by atoms with Crippen LogP contribution in [0, 0.1) is 41.4 Å². The van der Waals surface area contributed by atoms with Crippen molar-refractivity contribution < 1.29 is 29.0 Å². The number of aliphatic carboxylic acids is 1. The Morgan fingerprint density at radius 3 is 1.73 bits per heavy atom. The number of rotatable bonds is 12. The van der Waals surface area contributed by atoms with E-state index in [-0.39, 0.29) is 43.2 Å². The first kappa shape index (κ1) is 35.2. The summed E-state index contributed by atoms with van der Waals surface area (Å²) in [6.45, 7) is 14.5. The second kappa shape index (κ2) is 16.3. The third-order valence-corrected chi connectivity index (χ3v) is 10.5. The second-order valence-electron chi connectivity index (χ2n) is 14.8. The first-order valence-electron chi connectivity index (χ1n) is 17.4. The number of nitrogens with zero attached hydrogens (tertiary/aromatic N) is 1. The van der Waals surface area contributed by atoms with E-state index in [1.807, 2.05) is 18.2 Å². The predicted molar refractivity (Wildman–Crippen MR) is 178 cm³/mol. The minimum Gasteiger partial charge on any atom is -0.481 e. The van der Waals surface area contributed by atoms with E-state index in [1.54, 1.807) is 0 Å². The summed E-state index contributed by atoms with van der Waals surface area (Å²) in [5.41, 5.74) is 1.88. The van der Waals surface area contributed by atoms with Gasteiger partial charge in [0, 0.05) is 18.8 Å². The van der Waals surface area contributed by atoms with Crippen molar-refractivity contribution in [3.63, 3.8) is 0 Å². The number of carbonyl (C=O) groups excluding carboxylic acids is 2. The van der Waals surface area contributed by atoms with Crippen molar-refractivity contribution >= 4 is 34.8 Å². The van der Waals surface area contributed by atoms with Crippen LogP contribution in [-0.2, 0) is 23.9 Å². The molecule has 2 saturated carbocycles. The smallest absolute Gasteiger partial charge is 0.306 e. The lowest BCUT2D eigenvalue weighted by atomic mass is 9.75. The number of anilines is 3. The molecule has 0 radical (unpaired) electrons. The topological polar surface area (TPSA) is 117 Å². The molecule has 1 saturated heterocycles. The molecule has 1 aliphatic heterocycles. The molecule has 45 heavy (non-hydrogen) atoms. The minimum absolute atomic E-state index is 0.0436. The van der Waals surface area contributed by atoms with Crippen molar-refractivity contribution in [1.29, 1.82) is 0 Å². The van der Waals surface area contributed by atoms with Gasteiger partial charge in [-0.3, -0.25) is 14.4 Å². The van der Waals surface area contributed by atoms with Crippen molar-refractivity contribution in [2.24, 2.45) is 41.4 Å². The molecular formula is C36H57N3O6. The number of carboxylic acids is 1. The molecule has 6 unspecified atom stereocenters. The molecule has 3 aliphatic rings. The molecule has 0 spiro atoms. The lowest BCUT2D eigenvalue weighted by Crippen LogP contribution is -2.37. The molecule has 3 N–H and O–H groups in total. The fourth-order valence-electron chi connectivity index (χ4n) is 7.68. The highest BCUT2D eigenvalue weighted by molar-refractivity contribution is 6.01. The number of nitrogens with one attached hydrogen (secondary N) is 2. The molecular weight excluding hydrogens is 570 g/mol. The zero-order chi connectivity index (χ0) is 32.7. The van der Waals surface area contributed by atoms with E-state index in [4.69, 9.17) is 9.47 Å². The molecule has 9 nitrogen and oxygen atoms in total. The predicted octanol–water partition coefficient (Wildman–Crippen LogP) is 6.82. The third-order valence-electron chi connectivity index (χ3n) is 10.5. The molecule has 2 amide bonds. The Balaban J connectivity index is 1.44. The van der Waals surface area contributed by atoms with E-state index in [9.17, 15) is 19.5 Å². The standard InChI is InChI=1S/C36H57N3O6/c1-22(2)28-10-7-24(5)17-32(28)44-20-34(40)37-30-12-9-27(39-15-13-26(14-16-39)36(42)43)19-31(30)38-35(41)21-45-33-18-25(6)8-11-29(33)23(3)4/h9,12,19,22-26,28-29,32-33H,7-8,10-11,13-18,20-21H2,1-6H3,(H,37,40)(H,38,41)(H,42,43). The number of piperidine rings is 1. The zero-order valence-electron chi connectivity index (χ0n) is 28.3. The quantitative estimate of drug-likeness (QED) is 0.233. The van der Waals surface area contributed by atoms with Gasteiger partial charge in [-0.25, -0.2) is 0 Å². The van der Waals surface area contributed by atoms with Crippen molar-refractivity contribution in [2.45, 2.75) is 105 Å². The molecule has 1 aromatic rings. The van der Waals surface area contributed by atoms with Gasteiger partial charge >= 0.3 is 5.97 Å². The summed E-state index contributed by atoms with van der Waals surface area (Å²) in [5, 5.41) is 15.4. The second-order valence-corrected chi connectivity index (χ2v) is 14.8. The Bertz CT molecular complexity index is 1150. The fraction of sp³-hybridized carbons (Fsp3) is 0.750. The Morgan fingerprint density at radius 1 is 0.778 bits per heavy atom. The third kappa shape index (κ3) is 9.92. The van der Waals surface area contributed by atoms with Crippen molar-refractivity contribution in [3.05, 3.63) is 18.2 Å². The van der Waals surface area contributed by atoms with E-state index in [2.05, 4.69) is 57.1 Å². The van der Waals surface area contributed by atoms with Crippen LogP contribution in [0.3, 0.4) is 0 Å². The molecule has 0 bridgehead atoms. The summed E-state index contributed by atoms with van der Waals surface area (Å²) in [5.74, 6) is 1.41. The maximum atomic E-state index is 13.3. The van der Waals surface area contributed by atoms with Crippen LogP contribution in [0.15, 0.2) is 18.2 Å². The van der Waals surface area contributed by atoms with Gasteiger partial charge in [-0.2, -0.15) is 0 Å². The first-order chi connectivity index (χ1) is 21.4.